The van der Waals surface area contributed by atoms with E-state index in [0.717, 1.165) is 35.5 Å². The van der Waals surface area contributed by atoms with Gasteiger partial charge in [0, 0.05) is 30.0 Å². The van der Waals surface area contributed by atoms with Crippen molar-refractivity contribution < 1.29 is 13.2 Å². The minimum absolute atomic E-state index is 0.196. The number of benzene rings is 3. The van der Waals surface area contributed by atoms with Crippen LogP contribution in [-0.2, 0) is 16.6 Å². The molecule has 0 radical (unpaired) electrons. The van der Waals surface area contributed by atoms with E-state index in [4.69, 9.17) is 0 Å². The zero-order chi connectivity index (χ0) is 24.3. The topological polar surface area (TPSA) is 69.7 Å². The van der Waals surface area contributed by atoms with Crippen molar-refractivity contribution in [2.75, 3.05) is 33.9 Å². The van der Waals surface area contributed by atoms with Crippen molar-refractivity contribution >= 4 is 33.0 Å². The number of aryl methyl sites for hydroxylation is 2. The third kappa shape index (κ3) is 5.59. The van der Waals surface area contributed by atoms with E-state index in [0.29, 0.717) is 11.3 Å². The van der Waals surface area contributed by atoms with Gasteiger partial charge in [0.1, 0.15) is 0 Å². The van der Waals surface area contributed by atoms with E-state index in [1.54, 1.807) is 24.3 Å². The van der Waals surface area contributed by atoms with Crippen LogP contribution in [0.25, 0.3) is 0 Å². The highest BCUT2D eigenvalue weighted by Crippen LogP contribution is 2.25. The number of hydrogen-bond acceptors (Lipinski definition) is 4. The highest BCUT2D eigenvalue weighted by molar-refractivity contribution is 7.92. The van der Waals surface area contributed by atoms with Crippen LogP contribution < -0.4 is 14.5 Å². The number of nitrogens with zero attached hydrogens (tertiary/aromatic N) is 2. The largest absolute Gasteiger partial charge is 0.372 e. The van der Waals surface area contributed by atoms with Gasteiger partial charge in [0.15, 0.2) is 0 Å². The van der Waals surface area contributed by atoms with Crippen LogP contribution in [0.15, 0.2) is 66.7 Å². The van der Waals surface area contributed by atoms with Gasteiger partial charge in [-0.05, 0) is 91.9 Å². The number of hydrogen-bond donors (Lipinski definition) is 1. The summed E-state index contributed by atoms with van der Waals surface area (Å²) < 4.78 is 26.3. The minimum atomic E-state index is -3.47. The summed E-state index contributed by atoms with van der Waals surface area (Å²) in [5.41, 5.74) is 6.02. The van der Waals surface area contributed by atoms with E-state index in [9.17, 15) is 13.2 Å². The summed E-state index contributed by atoms with van der Waals surface area (Å²) in [6, 6.07) is 20.6. The average molecular weight is 478 g/mol. The van der Waals surface area contributed by atoms with Crippen LogP contribution in [0.1, 0.15) is 39.9 Å². The third-order valence-electron chi connectivity index (χ3n) is 6.32. The summed E-state index contributed by atoms with van der Waals surface area (Å²) in [6.07, 6.45) is 3.65. The van der Waals surface area contributed by atoms with E-state index in [1.807, 2.05) is 56.3 Å². The number of carbonyl (C=O) groups is 1. The van der Waals surface area contributed by atoms with E-state index in [2.05, 4.69) is 10.2 Å². The number of rotatable bonds is 7. The normalized spacial score (nSPS) is 13.7. The molecule has 0 aromatic heterocycles. The van der Waals surface area contributed by atoms with Gasteiger partial charge in [0.2, 0.25) is 10.0 Å². The van der Waals surface area contributed by atoms with Gasteiger partial charge in [0.25, 0.3) is 5.91 Å². The lowest BCUT2D eigenvalue weighted by Crippen LogP contribution is -2.29. The highest BCUT2D eigenvalue weighted by atomic mass is 32.2. The Hall–Kier alpha value is -3.32. The van der Waals surface area contributed by atoms with Gasteiger partial charge in [0.05, 0.1) is 18.5 Å². The van der Waals surface area contributed by atoms with Crippen LogP contribution in [0.2, 0.25) is 0 Å². The van der Waals surface area contributed by atoms with Gasteiger partial charge in [-0.3, -0.25) is 9.10 Å². The standard InChI is InChI=1S/C27H31N3O3S/c1-20-6-13-26(18-21(20)2)30(34(3,32)33)19-22-7-9-23(10-8-22)27(31)28-24-11-14-25(15-12-24)29-16-4-5-17-29/h6-15,18H,4-5,16-17,19H2,1-3H3,(H,28,31). The Morgan fingerprint density at radius 1 is 0.912 bits per heavy atom. The van der Waals surface area contributed by atoms with Crippen molar-refractivity contribution in [1.29, 1.82) is 0 Å². The van der Waals surface area contributed by atoms with Crippen LogP contribution in [0.3, 0.4) is 0 Å². The molecule has 1 N–H and O–H groups in total. The van der Waals surface area contributed by atoms with E-state index < -0.39 is 10.0 Å². The molecule has 34 heavy (non-hydrogen) atoms. The Morgan fingerprint density at radius 3 is 2.15 bits per heavy atom. The van der Waals surface area contributed by atoms with Crippen LogP contribution in [0.5, 0.6) is 0 Å². The molecular weight excluding hydrogens is 446 g/mol. The third-order valence-corrected chi connectivity index (χ3v) is 7.46. The Balaban J connectivity index is 1.44. The predicted molar refractivity (Wildman–Crippen MR) is 139 cm³/mol. The van der Waals surface area contributed by atoms with E-state index >= 15 is 0 Å². The fourth-order valence-electron chi connectivity index (χ4n) is 4.14. The number of amides is 1. The zero-order valence-corrected chi connectivity index (χ0v) is 20.7. The molecule has 0 spiro atoms. The second-order valence-electron chi connectivity index (χ2n) is 8.93. The summed E-state index contributed by atoms with van der Waals surface area (Å²) >= 11 is 0. The summed E-state index contributed by atoms with van der Waals surface area (Å²) in [5, 5.41) is 2.93. The van der Waals surface area contributed by atoms with Crippen LogP contribution in [-0.4, -0.2) is 33.7 Å². The molecular formula is C27H31N3O3S. The summed E-state index contributed by atoms with van der Waals surface area (Å²) in [5.74, 6) is -0.199. The average Bonchev–Trinajstić information content (AvgIpc) is 3.34. The quantitative estimate of drug-likeness (QED) is 0.513. The first kappa shape index (κ1) is 23.8. The molecule has 1 amide bonds. The second kappa shape index (κ2) is 9.89. The van der Waals surface area contributed by atoms with Gasteiger partial charge < -0.3 is 10.2 Å². The molecule has 7 heteroatoms. The number of carbonyl (C=O) groups excluding carboxylic acids is 1. The SMILES string of the molecule is Cc1ccc(N(Cc2ccc(C(=O)Nc3ccc(N4CCCC4)cc3)cc2)S(C)(=O)=O)cc1C. The Bertz CT molecular complexity index is 1260. The first-order valence-electron chi connectivity index (χ1n) is 11.5. The minimum Gasteiger partial charge on any atom is -0.372 e. The zero-order valence-electron chi connectivity index (χ0n) is 19.9. The molecule has 6 nitrogen and oxygen atoms in total. The first-order valence-corrected chi connectivity index (χ1v) is 13.4. The Labute approximate surface area is 202 Å². The lowest BCUT2D eigenvalue weighted by molar-refractivity contribution is 0.102. The number of anilines is 3. The predicted octanol–water partition coefficient (Wildman–Crippen LogP) is 5.12. The van der Waals surface area contributed by atoms with Crippen molar-refractivity contribution in [3.8, 4) is 0 Å². The molecule has 4 rings (SSSR count). The first-order chi connectivity index (χ1) is 16.2. The summed E-state index contributed by atoms with van der Waals surface area (Å²) in [7, 11) is -3.47. The van der Waals surface area contributed by atoms with Crippen LogP contribution in [0, 0.1) is 13.8 Å². The lowest BCUT2D eigenvalue weighted by Gasteiger charge is -2.23. The maximum Gasteiger partial charge on any atom is 0.255 e. The molecule has 178 valence electrons. The highest BCUT2D eigenvalue weighted by Gasteiger charge is 2.19. The molecule has 1 heterocycles. The van der Waals surface area contributed by atoms with Crippen molar-refractivity contribution in [2.24, 2.45) is 0 Å². The molecule has 3 aromatic rings. The molecule has 3 aromatic carbocycles. The fourth-order valence-corrected chi connectivity index (χ4v) is 5.02. The van der Waals surface area contributed by atoms with E-state index in [1.165, 1.54) is 29.1 Å². The molecule has 0 aliphatic carbocycles. The van der Waals surface area contributed by atoms with Gasteiger partial charge in [-0.2, -0.15) is 0 Å². The van der Waals surface area contributed by atoms with Gasteiger partial charge >= 0.3 is 0 Å². The molecule has 0 unspecified atom stereocenters. The monoisotopic (exact) mass is 477 g/mol. The Kier molecular flexibility index (Phi) is 6.93. The van der Waals surface area contributed by atoms with Crippen LogP contribution in [0.4, 0.5) is 17.1 Å². The van der Waals surface area contributed by atoms with Crippen LogP contribution >= 0.6 is 0 Å². The molecule has 0 saturated carbocycles. The number of sulfonamides is 1. The smallest absolute Gasteiger partial charge is 0.255 e. The Morgan fingerprint density at radius 2 is 1.56 bits per heavy atom. The fraction of sp³-hybridized carbons (Fsp3) is 0.296. The van der Waals surface area contributed by atoms with Crippen molar-refractivity contribution in [3.63, 3.8) is 0 Å². The van der Waals surface area contributed by atoms with Gasteiger partial charge in [-0.25, -0.2) is 8.42 Å². The van der Waals surface area contributed by atoms with Gasteiger partial charge in [-0.1, -0.05) is 18.2 Å². The van der Waals surface area contributed by atoms with Crippen molar-refractivity contribution in [3.05, 3.63) is 89.0 Å². The maximum absolute atomic E-state index is 12.7. The second-order valence-corrected chi connectivity index (χ2v) is 10.8. The molecule has 1 aliphatic rings. The molecule has 0 bridgehead atoms. The van der Waals surface area contributed by atoms with Crippen molar-refractivity contribution in [1.82, 2.24) is 0 Å². The molecule has 1 fully saturated rings. The van der Waals surface area contributed by atoms with Gasteiger partial charge in [-0.15, -0.1) is 0 Å². The van der Waals surface area contributed by atoms with E-state index in [-0.39, 0.29) is 12.5 Å². The van der Waals surface area contributed by atoms with Crippen molar-refractivity contribution in [2.45, 2.75) is 33.2 Å². The maximum atomic E-state index is 12.7. The lowest BCUT2D eigenvalue weighted by atomic mass is 10.1. The number of nitrogens with one attached hydrogen (secondary N) is 1. The molecule has 1 aliphatic heterocycles. The molecule has 1 saturated heterocycles. The summed E-state index contributed by atoms with van der Waals surface area (Å²) in [6.45, 7) is 6.32. The summed E-state index contributed by atoms with van der Waals surface area (Å²) in [4.78, 5) is 15.1. The molecule has 0 atom stereocenters.